The Kier molecular flexibility index (Phi) is 8.67. The first-order valence-corrected chi connectivity index (χ1v) is 9.12. The van der Waals surface area contributed by atoms with Crippen molar-refractivity contribution in [3.05, 3.63) is 54.1 Å². The van der Waals surface area contributed by atoms with Gasteiger partial charge in [-0.1, -0.05) is 25.5 Å². The minimum atomic E-state index is -0.257. The van der Waals surface area contributed by atoms with Gasteiger partial charge in [0.1, 0.15) is 17.6 Å². The number of nitrogens with one attached hydrogen (secondary N) is 2. The number of amides is 2. The SMILES string of the molecule is CCCCOCCCNC(=O)Nc1ccc(Oc2ccccc2C#N)cc1. The Hall–Kier alpha value is -3.04. The molecule has 142 valence electrons. The lowest BCUT2D eigenvalue weighted by Gasteiger charge is -2.10. The number of carbonyl (C=O) groups is 1. The summed E-state index contributed by atoms with van der Waals surface area (Å²) >= 11 is 0. The van der Waals surface area contributed by atoms with Crippen LogP contribution in [0.4, 0.5) is 10.5 Å². The fraction of sp³-hybridized carbons (Fsp3) is 0.333. The molecule has 0 fully saturated rings. The van der Waals surface area contributed by atoms with E-state index in [9.17, 15) is 4.79 Å². The number of anilines is 1. The zero-order valence-electron chi connectivity index (χ0n) is 15.5. The molecular weight excluding hydrogens is 342 g/mol. The molecule has 0 bridgehead atoms. The number of unbranched alkanes of at least 4 members (excludes halogenated alkanes) is 1. The van der Waals surface area contributed by atoms with Crippen molar-refractivity contribution in [2.75, 3.05) is 25.1 Å². The molecule has 2 rings (SSSR count). The topological polar surface area (TPSA) is 83.4 Å². The lowest BCUT2D eigenvalue weighted by Crippen LogP contribution is -2.30. The minimum Gasteiger partial charge on any atom is -0.456 e. The predicted octanol–water partition coefficient (Wildman–Crippen LogP) is 4.68. The largest absolute Gasteiger partial charge is 0.456 e. The second kappa shape index (κ2) is 11.6. The average molecular weight is 367 g/mol. The number of urea groups is 1. The molecule has 0 aliphatic heterocycles. The minimum absolute atomic E-state index is 0.257. The number of hydrogen-bond donors (Lipinski definition) is 2. The van der Waals surface area contributed by atoms with E-state index in [0.717, 1.165) is 25.9 Å². The fourth-order valence-electron chi connectivity index (χ4n) is 2.28. The van der Waals surface area contributed by atoms with Crippen LogP contribution in [0.2, 0.25) is 0 Å². The molecule has 0 spiro atoms. The van der Waals surface area contributed by atoms with Crippen molar-refractivity contribution in [3.63, 3.8) is 0 Å². The maximum Gasteiger partial charge on any atom is 0.319 e. The predicted molar refractivity (Wildman–Crippen MR) is 105 cm³/mol. The Morgan fingerprint density at radius 3 is 2.56 bits per heavy atom. The summed E-state index contributed by atoms with van der Waals surface area (Å²) in [6.45, 7) is 4.11. The number of ether oxygens (including phenoxy) is 2. The highest BCUT2D eigenvalue weighted by atomic mass is 16.5. The molecule has 0 aliphatic rings. The second-order valence-corrected chi connectivity index (χ2v) is 5.93. The van der Waals surface area contributed by atoms with Crippen LogP contribution in [0.1, 0.15) is 31.7 Å². The van der Waals surface area contributed by atoms with Crippen molar-refractivity contribution < 1.29 is 14.3 Å². The Labute approximate surface area is 160 Å². The summed E-state index contributed by atoms with van der Waals surface area (Å²) in [5, 5.41) is 14.7. The zero-order chi connectivity index (χ0) is 19.3. The number of para-hydroxylation sites is 1. The van der Waals surface area contributed by atoms with Crippen LogP contribution in [0.15, 0.2) is 48.5 Å². The van der Waals surface area contributed by atoms with Gasteiger partial charge in [0.05, 0.1) is 5.56 Å². The van der Waals surface area contributed by atoms with Gasteiger partial charge < -0.3 is 20.1 Å². The summed E-state index contributed by atoms with van der Waals surface area (Å²) in [6, 6.07) is 15.8. The summed E-state index contributed by atoms with van der Waals surface area (Å²) < 4.78 is 11.2. The van der Waals surface area contributed by atoms with Crippen LogP contribution in [0.25, 0.3) is 0 Å². The van der Waals surface area contributed by atoms with Crippen LogP contribution in [0, 0.1) is 11.3 Å². The molecule has 0 radical (unpaired) electrons. The number of carbonyl (C=O) groups excluding carboxylic acids is 1. The van der Waals surface area contributed by atoms with E-state index in [2.05, 4.69) is 23.6 Å². The molecule has 6 heteroatoms. The van der Waals surface area contributed by atoms with E-state index in [1.54, 1.807) is 42.5 Å². The van der Waals surface area contributed by atoms with Gasteiger partial charge in [-0.15, -0.1) is 0 Å². The third-order valence-corrected chi connectivity index (χ3v) is 3.74. The molecule has 0 heterocycles. The van der Waals surface area contributed by atoms with Gasteiger partial charge in [0.2, 0.25) is 0 Å². The number of nitriles is 1. The van der Waals surface area contributed by atoms with Gasteiger partial charge in [0.15, 0.2) is 0 Å². The fourth-order valence-corrected chi connectivity index (χ4v) is 2.28. The lowest BCUT2D eigenvalue weighted by atomic mass is 10.2. The highest BCUT2D eigenvalue weighted by molar-refractivity contribution is 5.89. The Morgan fingerprint density at radius 2 is 1.81 bits per heavy atom. The van der Waals surface area contributed by atoms with Crippen LogP contribution in [-0.2, 0) is 4.74 Å². The Balaban J connectivity index is 1.73. The smallest absolute Gasteiger partial charge is 0.319 e. The first-order chi connectivity index (χ1) is 13.2. The molecule has 6 nitrogen and oxygen atoms in total. The highest BCUT2D eigenvalue weighted by Crippen LogP contribution is 2.25. The second-order valence-electron chi connectivity index (χ2n) is 5.93. The monoisotopic (exact) mass is 367 g/mol. The van der Waals surface area contributed by atoms with Crippen LogP contribution in [-0.4, -0.2) is 25.8 Å². The van der Waals surface area contributed by atoms with Crippen LogP contribution < -0.4 is 15.4 Å². The summed E-state index contributed by atoms with van der Waals surface area (Å²) in [5.41, 5.74) is 1.13. The molecule has 0 saturated heterocycles. The van der Waals surface area contributed by atoms with E-state index < -0.39 is 0 Å². The van der Waals surface area contributed by atoms with Crippen molar-refractivity contribution in [2.45, 2.75) is 26.2 Å². The van der Waals surface area contributed by atoms with Crippen LogP contribution >= 0.6 is 0 Å². The van der Waals surface area contributed by atoms with Gasteiger partial charge in [0, 0.05) is 25.4 Å². The Bertz CT molecular complexity index is 754. The quantitative estimate of drug-likeness (QED) is 0.597. The molecule has 2 amide bonds. The van der Waals surface area contributed by atoms with Crippen molar-refractivity contribution in [1.29, 1.82) is 5.26 Å². The van der Waals surface area contributed by atoms with E-state index in [0.29, 0.717) is 35.9 Å². The van der Waals surface area contributed by atoms with E-state index in [1.165, 1.54) is 0 Å². The molecule has 2 aromatic rings. The number of nitrogens with zero attached hydrogens (tertiary/aromatic N) is 1. The van der Waals surface area contributed by atoms with Gasteiger partial charge >= 0.3 is 6.03 Å². The van der Waals surface area contributed by atoms with Crippen molar-refractivity contribution in [1.82, 2.24) is 5.32 Å². The molecule has 0 aromatic heterocycles. The average Bonchev–Trinajstić information content (AvgIpc) is 2.69. The van der Waals surface area contributed by atoms with E-state index in [1.807, 2.05) is 6.07 Å². The summed E-state index contributed by atoms with van der Waals surface area (Å²) in [7, 11) is 0. The molecule has 2 aromatic carbocycles. The molecular formula is C21H25N3O3. The number of rotatable bonds is 10. The lowest BCUT2D eigenvalue weighted by molar-refractivity contribution is 0.129. The van der Waals surface area contributed by atoms with Gasteiger partial charge in [0.25, 0.3) is 0 Å². The number of benzene rings is 2. The molecule has 0 saturated carbocycles. The van der Waals surface area contributed by atoms with E-state index in [4.69, 9.17) is 14.7 Å². The van der Waals surface area contributed by atoms with E-state index in [-0.39, 0.29) is 6.03 Å². The van der Waals surface area contributed by atoms with Gasteiger partial charge in [-0.25, -0.2) is 4.79 Å². The molecule has 0 unspecified atom stereocenters. The molecule has 27 heavy (non-hydrogen) atoms. The van der Waals surface area contributed by atoms with E-state index >= 15 is 0 Å². The molecule has 0 aliphatic carbocycles. The summed E-state index contributed by atoms with van der Waals surface area (Å²) in [6.07, 6.45) is 2.97. The third kappa shape index (κ3) is 7.38. The first-order valence-electron chi connectivity index (χ1n) is 9.12. The zero-order valence-corrected chi connectivity index (χ0v) is 15.5. The van der Waals surface area contributed by atoms with Crippen LogP contribution in [0.5, 0.6) is 11.5 Å². The standard InChI is InChI=1S/C21H25N3O3/c1-2-3-14-26-15-6-13-23-21(25)24-18-9-11-19(12-10-18)27-20-8-5-4-7-17(20)16-22/h4-5,7-12H,2-3,6,13-15H2,1H3,(H2,23,24,25). The number of hydrogen-bond acceptors (Lipinski definition) is 4. The van der Waals surface area contributed by atoms with Crippen LogP contribution in [0.3, 0.4) is 0 Å². The normalized spacial score (nSPS) is 10.1. The van der Waals surface area contributed by atoms with Crippen molar-refractivity contribution in [2.24, 2.45) is 0 Å². The third-order valence-electron chi connectivity index (χ3n) is 3.74. The highest BCUT2D eigenvalue weighted by Gasteiger charge is 2.05. The maximum absolute atomic E-state index is 11.9. The van der Waals surface area contributed by atoms with Crippen molar-refractivity contribution >= 4 is 11.7 Å². The maximum atomic E-state index is 11.9. The van der Waals surface area contributed by atoms with Gasteiger partial charge in [-0.05, 0) is 49.2 Å². The van der Waals surface area contributed by atoms with Gasteiger partial charge in [-0.2, -0.15) is 5.26 Å². The molecule has 0 atom stereocenters. The van der Waals surface area contributed by atoms with Crippen molar-refractivity contribution in [3.8, 4) is 17.6 Å². The molecule has 2 N–H and O–H groups in total. The summed E-state index contributed by atoms with van der Waals surface area (Å²) in [5.74, 6) is 1.09. The summed E-state index contributed by atoms with van der Waals surface area (Å²) in [4.78, 5) is 11.9. The first kappa shape index (κ1) is 20.3. The van der Waals surface area contributed by atoms with Gasteiger partial charge in [-0.3, -0.25) is 0 Å². The Morgan fingerprint density at radius 1 is 1.07 bits per heavy atom.